The second kappa shape index (κ2) is 16.9. The Bertz CT molecular complexity index is 1950. The maximum Gasteiger partial charge on any atom is 0.330 e. The molecular weight excluding hydrogens is 697 g/mol. The molecule has 288 valence electrons. The van der Waals surface area contributed by atoms with Gasteiger partial charge in [0, 0.05) is 18.2 Å². The third-order valence-electron chi connectivity index (χ3n) is 10.9. The molecule has 1 N–H and O–H groups in total. The fourth-order valence-corrected chi connectivity index (χ4v) is 8.05. The standard InChI is InChI=1S/C44H56N2O7Si/c1-10-11-12-13-17-28-43(38(53-54(8,9)42(3,4)5)29-39(52-43)46-30-32(2)40(47)45-41(46)48)31-51-44(33-18-15-14-16-19-33,34-20-24-36(49-6)25-21-34)35-22-26-37(50-7)27-23-35/h10,14-28,30,38-39H,1,11-13,29,31H2,2-9H3,(H,45,47,48)/b28-17+/t38-,39+,43+/m0/s1. The third kappa shape index (κ3) is 8.57. The number of allylic oxidation sites excluding steroid dienone is 2. The van der Waals surface area contributed by atoms with Crippen molar-refractivity contribution < 1.29 is 23.4 Å². The van der Waals surface area contributed by atoms with Gasteiger partial charge in [0.25, 0.3) is 5.56 Å². The molecule has 10 heteroatoms. The van der Waals surface area contributed by atoms with E-state index in [1.807, 2.05) is 72.8 Å². The molecule has 1 aliphatic heterocycles. The van der Waals surface area contributed by atoms with Crippen LogP contribution in [-0.2, 0) is 19.5 Å². The Kier molecular flexibility index (Phi) is 12.7. The molecule has 5 rings (SSSR count). The molecule has 0 unspecified atom stereocenters. The van der Waals surface area contributed by atoms with Gasteiger partial charge in [-0.25, -0.2) is 4.79 Å². The molecule has 0 aliphatic carbocycles. The van der Waals surface area contributed by atoms with Crippen LogP contribution in [0.4, 0.5) is 0 Å². The average Bonchev–Trinajstić information content (AvgIpc) is 3.50. The van der Waals surface area contributed by atoms with Crippen LogP contribution in [0.1, 0.15) is 74.9 Å². The molecule has 0 amide bonds. The Morgan fingerprint density at radius 2 is 1.48 bits per heavy atom. The van der Waals surface area contributed by atoms with Gasteiger partial charge in [-0.3, -0.25) is 14.3 Å². The molecule has 1 saturated heterocycles. The fourth-order valence-electron chi connectivity index (χ4n) is 6.69. The average molecular weight is 753 g/mol. The van der Waals surface area contributed by atoms with E-state index in [2.05, 4.69) is 69.7 Å². The zero-order chi connectivity index (χ0) is 39.1. The molecule has 3 aromatic carbocycles. The molecule has 0 radical (unpaired) electrons. The van der Waals surface area contributed by atoms with Gasteiger partial charge in [-0.2, -0.15) is 0 Å². The van der Waals surface area contributed by atoms with Crippen molar-refractivity contribution in [2.75, 3.05) is 20.8 Å². The van der Waals surface area contributed by atoms with Crippen LogP contribution in [-0.4, -0.2) is 50.4 Å². The van der Waals surface area contributed by atoms with Crippen molar-refractivity contribution in [2.24, 2.45) is 0 Å². The number of nitrogens with zero attached hydrogens (tertiary/aromatic N) is 1. The number of hydrogen-bond donors (Lipinski definition) is 1. The number of aryl methyl sites for hydroxylation is 1. The van der Waals surface area contributed by atoms with Gasteiger partial charge in [-0.05, 0) is 85.3 Å². The third-order valence-corrected chi connectivity index (χ3v) is 15.4. The summed E-state index contributed by atoms with van der Waals surface area (Å²) in [5.74, 6) is 1.45. The number of rotatable bonds is 16. The Balaban J connectivity index is 1.73. The molecule has 1 fully saturated rings. The lowest BCUT2D eigenvalue weighted by molar-refractivity contribution is -0.134. The maximum atomic E-state index is 13.4. The lowest BCUT2D eigenvalue weighted by Crippen LogP contribution is -2.53. The SMILES string of the molecule is C=CCCC/C=C/[C@]1(COC(c2ccccc2)(c2ccc(OC)cc2)c2ccc(OC)cc2)O[C@@H](n2cc(C)c(=O)[nH]c2=O)C[C@@H]1O[Si](C)(C)C(C)(C)C. The zero-order valence-electron chi connectivity index (χ0n) is 33.0. The lowest BCUT2D eigenvalue weighted by atomic mass is 9.79. The van der Waals surface area contributed by atoms with Crippen LogP contribution in [0.25, 0.3) is 0 Å². The summed E-state index contributed by atoms with van der Waals surface area (Å²) in [5.41, 5.74) is -0.142. The first-order valence-electron chi connectivity index (χ1n) is 18.6. The summed E-state index contributed by atoms with van der Waals surface area (Å²) in [4.78, 5) is 28.3. The quantitative estimate of drug-likeness (QED) is 0.0529. The van der Waals surface area contributed by atoms with E-state index >= 15 is 0 Å². The van der Waals surface area contributed by atoms with Gasteiger partial charge >= 0.3 is 5.69 Å². The van der Waals surface area contributed by atoms with Gasteiger partial charge in [-0.1, -0.05) is 93.6 Å². The number of hydrogen-bond acceptors (Lipinski definition) is 7. The van der Waals surface area contributed by atoms with Crippen LogP contribution >= 0.6 is 0 Å². The van der Waals surface area contributed by atoms with Gasteiger partial charge in [0.15, 0.2) is 8.32 Å². The Morgan fingerprint density at radius 1 is 0.907 bits per heavy atom. The minimum absolute atomic E-state index is 0.0603. The second-order valence-electron chi connectivity index (χ2n) is 15.5. The van der Waals surface area contributed by atoms with Crippen LogP contribution in [0.5, 0.6) is 11.5 Å². The number of unbranched alkanes of at least 4 members (excludes halogenated alkanes) is 2. The van der Waals surface area contributed by atoms with Crippen LogP contribution < -0.4 is 20.7 Å². The second-order valence-corrected chi connectivity index (χ2v) is 20.3. The number of H-pyrrole nitrogens is 1. The zero-order valence-corrected chi connectivity index (χ0v) is 34.0. The fraction of sp³-hybridized carbons (Fsp3) is 0.409. The van der Waals surface area contributed by atoms with E-state index in [0.29, 0.717) is 12.0 Å². The lowest BCUT2D eigenvalue weighted by Gasteiger charge is -2.44. The maximum absolute atomic E-state index is 13.4. The summed E-state index contributed by atoms with van der Waals surface area (Å²) in [6, 6.07) is 26.0. The molecule has 9 nitrogen and oxygen atoms in total. The smallest absolute Gasteiger partial charge is 0.330 e. The van der Waals surface area contributed by atoms with Crippen molar-refractivity contribution in [3.05, 3.63) is 153 Å². The normalized spacial score (nSPS) is 19.3. The number of nitrogens with one attached hydrogen (secondary N) is 1. The van der Waals surface area contributed by atoms with Crippen molar-refractivity contribution in [1.82, 2.24) is 9.55 Å². The van der Waals surface area contributed by atoms with Crippen LogP contribution in [0.3, 0.4) is 0 Å². The van der Waals surface area contributed by atoms with Crippen LogP contribution in [0.15, 0.2) is 119 Å². The monoisotopic (exact) mass is 752 g/mol. The van der Waals surface area contributed by atoms with Crippen LogP contribution in [0, 0.1) is 6.92 Å². The van der Waals surface area contributed by atoms with Crippen molar-refractivity contribution in [1.29, 1.82) is 0 Å². The number of benzene rings is 3. The summed E-state index contributed by atoms with van der Waals surface area (Å²) in [6.45, 7) is 16.7. The number of ether oxygens (including phenoxy) is 4. The van der Waals surface area contributed by atoms with E-state index < -0.39 is 43.1 Å². The highest BCUT2D eigenvalue weighted by Gasteiger charge is 2.54. The van der Waals surface area contributed by atoms with Gasteiger partial charge in [0.2, 0.25) is 0 Å². The Hall–Kier alpha value is -4.48. The summed E-state index contributed by atoms with van der Waals surface area (Å²) in [5, 5.41) is -0.114. The first-order valence-corrected chi connectivity index (χ1v) is 21.6. The molecular formula is C44H56N2O7Si. The van der Waals surface area contributed by atoms with Crippen molar-refractivity contribution in [3.63, 3.8) is 0 Å². The summed E-state index contributed by atoms with van der Waals surface area (Å²) < 4.78 is 34.5. The molecule has 0 spiro atoms. The minimum Gasteiger partial charge on any atom is -0.497 e. The largest absolute Gasteiger partial charge is 0.497 e. The Morgan fingerprint density at radius 3 is 2.02 bits per heavy atom. The van der Waals surface area contributed by atoms with Crippen molar-refractivity contribution in [3.8, 4) is 11.5 Å². The van der Waals surface area contributed by atoms with Gasteiger partial charge in [0.1, 0.15) is 28.9 Å². The summed E-state index contributed by atoms with van der Waals surface area (Å²) in [7, 11) is 0.871. The molecule has 0 bridgehead atoms. The molecule has 2 heterocycles. The summed E-state index contributed by atoms with van der Waals surface area (Å²) >= 11 is 0. The van der Waals surface area contributed by atoms with Gasteiger partial charge in [-0.15, -0.1) is 6.58 Å². The van der Waals surface area contributed by atoms with E-state index in [4.69, 9.17) is 23.4 Å². The first-order chi connectivity index (χ1) is 25.7. The van der Waals surface area contributed by atoms with E-state index in [1.54, 1.807) is 27.3 Å². The first kappa shape index (κ1) is 40.7. The van der Waals surface area contributed by atoms with Crippen LogP contribution in [0.2, 0.25) is 18.1 Å². The topological polar surface area (TPSA) is 101 Å². The molecule has 4 aromatic rings. The highest BCUT2D eigenvalue weighted by molar-refractivity contribution is 6.74. The highest BCUT2D eigenvalue weighted by Crippen LogP contribution is 2.48. The highest BCUT2D eigenvalue weighted by atomic mass is 28.4. The van der Waals surface area contributed by atoms with E-state index in [0.717, 1.165) is 47.5 Å². The van der Waals surface area contributed by atoms with Gasteiger partial charge in [0.05, 0.1) is 26.9 Å². The van der Waals surface area contributed by atoms with E-state index in [-0.39, 0.29) is 11.6 Å². The molecule has 1 aliphatic rings. The minimum atomic E-state index is -2.43. The van der Waals surface area contributed by atoms with Crippen molar-refractivity contribution >= 4 is 8.32 Å². The van der Waals surface area contributed by atoms with Crippen molar-refractivity contribution in [2.45, 2.75) is 95.0 Å². The summed E-state index contributed by atoms with van der Waals surface area (Å²) in [6.07, 6.45) is 9.39. The molecule has 0 saturated carbocycles. The van der Waals surface area contributed by atoms with E-state index in [9.17, 15) is 9.59 Å². The van der Waals surface area contributed by atoms with E-state index in [1.165, 1.54) is 4.57 Å². The Labute approximate surface area is 320 Å². The van der Waals surface area contributed by atoms with Gasteiger partial charge < -0.3 is 23.4 Å². The predicted molar refractivity (Wildman–Crippen MR) is 217 cm³/mol. The number of methoxy groups -OCH3 is 2. The molecule has 54 heavy (non-hydrogen) atoms. The molecule has 3 atom stereocenters. The predicted octanol–water partition coefficient (Wildman–Crippen LogP) is 8.83. The molecule has 1 aromatic heterocycles. The number of aromatic nitrogens is 2. The number of aromatic amines is 1.